The third kappa shape index (κ3) is 3.97. The van der Waals surface area contributed by atoms with Crippen molar-refractivity contribution in [3.8, 4) is 17.1 Å². The zero-order chi connectivity index (χ0) is 16.1. The minimum absolute atomic E-state index is 0.0681. The highest BCUT2D eigenvalue weighted by Gasteiger charge is 2.07. The Morgan fingerprint density at radius 2 is 2.09 bits per heavy atom. The van der Waals surface area contributed by atoms with Gasteiger partial charge in [0.1, 0.15) is 11.5 Å². The Hall–Kier alpha value is -3.09. The van der Waals surface area contributed by atoms with Crippen LogP contribution in [0.4, 0.5) is 0 Å². The van der Waals surface area contributed by atoms with Crippen LogP contribution >= 0.6 is 0 Å². The van der Waals surface area contributed by atoms with Gasteiger partial charge in [0.25, 0.3) is 5.91 Å². The van der Waals surface area contributed by atoms with Crippen molar-refractivity contribution >= 4 is 5.91 Å². The van der Waals surface area contributed by atoms with Gasteiger partial charge >= 0.3 is 0 Å². The molecule has 3 aromatic rings. The number of benzene rings is 1. The maximum Gasteiger partial charge on any atom is 0.258 e. The van der Waals surface area contributed by atoms with Crippen LogP contribution in [-0.4, -0.2) is 22.7 Å². The lowest BCUT2D eigenvalue weighted by atomic mass is 10.2. The summed E-state index contributed by atoms with van der Waals surface area (Å²) < 4.78 is 15.5. The molecule has 1 N–H and O–H groups in total. The van der Waals surface area contributed by atoms with Crippen LogP contribution in [-0.2, 0) is 11.3 Å². The Kier molecular flexibility index (Phi) is 4.37. The summed E-state index contributed by atoms with van der Waals surface area (Å²) in [5, 5.41) is 6.54. The number of amides is 1. The van der Waals surface area contributed by atoms with E-state index < -0.39 is 0 Å². The lowest BCUT2D eigenvalue weighted by molar-refractivity contribution is -0.123. The van der Waals surface area contributed by atoms with Crippen LogP contribution in [0.15, 0.2) is 51.6 Å². The Morgan fingerprint density at radius 1 is 1.26 bits per heavy atom. The Bertz CT molecular complexity index is 763. The fourth-order valence-corrected chi connectivity index (χ4v) is 1.92. The second-order valence-corrected chi connectivity index (χ2v) is 4.81. The van der Waals surface area contributed by atoms with Crippen molar-refractivity contribution in [2.75, 3.05) is 6.61 Å². The van der Waals surface area contributed by atoms with Crippen molar-refractivity contribution < 1.29 is 18.5 Å². The maximum absolute atomic E-state index is 11.7. The van der Waals surface area contributed by atoms with Crippen molar-refractivity contribution in [3.05, 3.63) is 54.3 Å². The number of nitrogens with one attached hydrogen (secondary N) is 1. The van der Waals surface area contributed by atoms with E-state index in [2.05, 4.69) is 15.5 Å². The Balaban J connectivity index is 1.49. The second-order valence-electron chi connectivity index (χ2n) is 4.81. The van der Waals surface area contributed by atoms with Gasteiger partial charge in [0.15, 0.2) is 6.61 Å². The van der Waals surface area contributed by atoms with E-state index >= 15 is 0 Å². The normalized spacial score (nSPS) is 10.5. The number of hydrogen-bond acceptors (Lipinski definition) is 6. The summed E-state index contributed by atoms with van der Waals surface area (Å²) in [6, 6.07) is 10.7. The number of ether oxygens (including phenoxy) is 1. The molecular weight excluding hydrogens is 298 g/mol. The van der Waals surface area contributed by atoms with E-state index in [1.807, 2.05) is 0 Å². The SMILES string of the molecule is Cc1nc(-c2ccc(OCC(=O)NCc3ccco3)cc2)no1. The molecule has 0 aliphatic carbocycles. The molecule has 0 unspecified atom stereocenters. The van der Waals surface area contributed by atoms with E-state index in [9.17, 15) is 4.79 Å². The lowest BCUT2D eigenvalue weighted by Gasteiger charge is -2.06. The van der Waals surface area contributed by atoms with E-state index in [1.54, 1.807) is 49.6 Å². The van der Waals surface area contributed by atoms with Crippen molar-refractivity contribution in [2.24, 2.45) is 0 Å². The fourth-order valence-electron chi connectivity index (χ4n) is 1.92. The quantitative estimate of drug-likeness (QED) is 0.751. The van der Waals surface area contributed by atoms with E-state index in [0.29, 0.717) is 29.8 Å². The predicted molar refractivity (Wildman–Crippen MR) is 80.5 cm³/mol. The summed E-state index contributed by atoms with van der Waals surface area (Å²) in [7, 11) is 0. The first-order valence-electron chi connectivity index (χ1n) is 7.03. The summed E-state index contributed by atoms with van der Waals surface area (Å²) >= 11 is 0. The topological polar surface area (TPSA) is 90.4 Å². The second kappa shape index (κ2) is 6.78. The number of hydrogen-bond donors (Lipinski definition) is 1. The average Bonchev–Trinajstić information content (AvgIpc) is 3.23. The first kappa shape index (κ1) is 14.8. The molecule has 3 rings (SSSR count). The molecular formula is C16H15N3O4. The maximum atomic E-state index is 11.7. The van der Waals surface area contributed by atoms with Crippen LogP contribution in [0.1, 0.15) is 11.7 Å². The number of rotatable bonds is 6. The molecule has 0 bridgehead atoms. The van der Waals surface area contributed by atoms with Gasteiger partial charge in [0.2, 0.25) is 11.7 Å². The first-order valence-corrected chi connectivity index (χ1v) is 7.03. The van der Waals surface area contributed by atoms with E-state index in [4.69, 9.17) is 13.7 Å². The largest absolute Gasteiger partial charge is 0.484 e. The van der Waals surface area contributed by atoms with Gasteiger partial charge < -0.3 is 19.0 Å². The minimum Gasteiger partial charge on any atom is -0.484 e. The monoisotopic (exact) mass is 313 g/mol. The molecule has 0 fully saturated rings. The molecule has 0 radical (unpaired) electrons. The number of nitrogens with zero attached hydrogens (tertiary/aromatic N) is 2. The van der Waals surface area contributed by atoms with Crippen LogP contribution in [0, 0.1) is 6.92 Å². The summed E-state index contributed by atoms with van der Waals surface area (Å²) in [5.41, 5.74) is 0.816. The van der Waals surface area contributed by atoms with Crippen molar-refractivity contribution in [3.63, 3.8) is 0 Å². The summed E-state index contributed by atoms with van der Waals surface area (Å²) in [6.45, 7) is 2.00. The van der Waals surface area contributed by atoms with E-state index in [0.717, 1.165) is 5.56 Å². The highest BCUT2D eigenvalue weighted by Crippen LogP contribution is 2.19. The molecule has 118 valence electrons. The molecule has 0 saturated heterocycles. The van der Waals surface area contributed by atoms with Crippen LogP contribution in [0.25, 0.3) is 11.4 Å². The number of carbonyl (C=O) groups is 1. The van der Waals surface area contributed by atoms with E-state index in [1.165, 1.54) is 0 Å². The van der Waals surface area contributed by atoms with Gasteiger partial charge in [-0.05, 0) is 36.4 Å². The zero-order valence-electron chi connectivity index (χ0n) is 12.5. The van der Waals surface area contributed by atoms with Crippen LogP contribution in [0.5, 0.6) is 5.75 Å². The smallest absolute Gasteiger partial charge is 0.258 e. The zero-order valence-corrected chi connectivity index (χ0v) is 12.5. The Morgan fingerprint density at radius 3 is 2.74 bits per heavy atom. The molecule has 1 amide bonds. The molecule has 0 aliphatic heterocycles. The summed E-state index contributed by atoms with van der Waals surface area (Å²) in [5.74, 6) is 2.08. The van der Waals surface area contributed by atoms with Gasteiger partial charge in [0, 0.05) is 12.5 Å². The molecule has 0 atom stereocenters. The predicted octanol–water partition coefficient (Wildman–Crippen LogP) is 2.33. The van der Waals surface area contributed by atoms with Crippen LogP contribution < -0.4 is 10.1 Å². The number of aromatic nitrogens is 2. The van der Waals surface area contributed by atoms with Crippen molar-refractivity contribution in [2.45, 2.75) is 13.5 Å². The first-order chi connectivity index (χ1) is 11.2. The molecule has 2 heterocycles. The average molecular weight is 313 g/mol. The van der Waals surface area contributed by atoms with Crippen LogP contribution in [0.2, 0.25) is 0 Å². The van der Waals surface area contributed by atoms with Gasteiger partial charge in [-0.1, -0.05) is 5.16 Å². The summed E-state index contributed by atoms with van der Waals surface area (Å²) in [4.78, 5) is 15.8. The minimum atomic E-state index is -0.223. The summed E-state index contributed by atoms with van der Waals surface area (Å²) in [6.07, 6.45) is 1.56. The lowest BCUT2D eigenvalue weighted by Crippen LogP contribution is -2.28. The van der Waals surface area contributed by atoms with Crippen LogP contribution in [0.3, 0.4) is 0 Å². The standard InChI is InChI=1S/C16H15N3O4/c1-11-18-16(19-23-11)12-4-6-13(7-5-12)22-10-15(20)17-9-14-3-2-8-21-14/h2-8H,9-10H2,1H3,(H,17,20). The van der Waals surface area contributed by atoms with Crippen molar-refractivity contribution in [1.82, 2.24) is 15.5 Å². The van der Waals surface area contributed by atoms with Gasteiger partial charge in [-0.15, -0.1) is 0 Å². The van der Waals surface area contributed by atoms with Crippen molar-refractivity contribution in [1.29, 1.82) is 0 Å². The third-order valence-corrected chi connectivity index (χ3v) is 3.05. The molecule has 0 spiro atoms. The van der Waals surface area contributed by atoms with Gasteiger partial charge in [0.05, 0.1) is 12.8 Å². The molecule has 1 aromatic carbocycles. The number of aryl methyl sites for hydroxylation is 1. The molecule has 7 nitrogen and oxygen atoms in total. The fraction of sp³-hybridized carbons (Fsp3) is 0.188. The molecule has 2 aromatic heterocycles. The molecule has 23 heavy (non-hydrogen) atoms. The Labute approximate surface area is 132 Å². The third-order valence-electron chi connectivity index (χ3n) is 3.05. The highest BCUT2D eigenvalue weighted by molar-refractivity contribution is 5.77. The molecule has 0 aliphatic rings. The number of carbonyl (C=O) groups excluding carboxylic acids is 1. The number of furan rings is 1. The van der Waals surface area contributed by atoms with Gasteiger partial charge in [-0.3, -0.25) is 4.79 Å². The van der Waals surface area contributed by atoms with E-state index in [-0.39, 0.29) is 12.5 Å². The highest BCUT2D eigenvalue weighted by atomic mass is 16.5. The molecule has 7 heteroatoms. The van der Waals surface area contributed by atoms with Gasteiger partial charge in [-0.25, -0.2) is 0 Å². The van der Waals surface area contributed by atoms with Gasteiger partial charge in [-0.2, -0.15) is 4.98 Å². The molecule has 0 saturated carbocycles.